The topological polar surface area (TPSA) is 70.9 Å². The van der Waals surface area contributed by atoms with Crippen LogP contribution in [0.4, 0.5) is 0 Å². The Morgan fingerprint density at radius 3 is 2.70 bits per heavy atom. The number of carbonyl (C=O) groups excluding carboxylic acids is 1. The highest BCUT2D eigenvalue weighted by Gasteiger charge is 2.03. The molecule has 0 fully saturated rings. The standard InChI is InChI=1S/C18H20N2O3/c1-13(2)12-23-17-5-3-4-14(10-17)11-19-20-18(22)15-6-8-16(21)9-7-15/h3-11,13,21H,12H2,1-2H3,(H,20,22)/b19-11-. The molecule has 0 aromatic heterocycles. The quantitative estimate of drug-likeness (QED) is 0.635. The summed E-state index contributed by atoms with van der Waals surface area (Å²) < 4.78 is 5.64. The van der Waals surface area contributed by atoms with E-state index in [1.54, 1.807) is 6.21 Å². The first-order chi connectivity index (χ1) is 11.0. The maximum absolute atomic E-state index is 11.9. The van der Waals surface area contributed by atoms with Crippen LogP contribution in [-0.4, -0.2) is 23.8 Å². The highest BCUT2D eigenvalue weighted by molar-refractivity contribution is 5.95. The van der Waals surface area contributed by atoms with Gasteiger partial charge >= 0.3 is 0 Å². The third-order valence-corrected chi connectivity index (χ3v) is 2.95. The molecule has 23 heavy (non-hydrogen) atoms. The molecule has 5 heteroatoms. The van der Waals surface area contributed by atoms with E-state index < -0.39 is 0 Å². The van der Waals surface area contributed by atoms with Crippen molar-refractivity contribution in [2.75, 3.05) is 6.61 Å². The van der Waals surface area contributed by atoms with Crippen molar-refractivity contribution in [2.45, 2.75) is 13.8 Å². The summed E-state index contributed by atoms with van der Waals surface area (Å²) >= 11 is 0. The molecule has 2 aromatic rings. The molecule has 0 aliphatic heterocycles. The second-order valence-corrected chi connectivity index (χ2v) is 5.52. The van der Waals surface area contributed by atoms with Crippen LogP contribution in [0.2, 0.25) is 0 Å². The smallest absolute Gasteiger partial charge is 0.271 e. The summed E-state index contributed by atoms with van der Waals surface area (Å²) in [5.74, 6) is 1.00. The summed E-state index contributed by atoms with van der Waals surface area (Å²) in [6.07, 6.45) is 1.56. The van der Waals surface area contributed by atoms with Crippen LogP contribution >= 0.6 is 0 Å². The Hall–Kier alpha value is -2.82. The number of amides is 1. The Bertz CT molecular complexity index is 679. The van der Waals surface area contributed by atoms with Crippen molar-refractivity contribution in [1.82, 2.24) is 5.43 Å². The van der Waals surface area contributed by atoms with E-state index in [1.165, 1.54) is 24.3 Å². The minimum Gasteiger partial charge on any atom is -0.508 e. The molecular weight excluding hydrogens is 292 g/mol. The number of benzene rings is 2. The molecule has 0 spiro atoms. The van der Waals surface area contributed by atoms with E-state index in [-0.39, 0.29) is 11.7 Å². The summed E-state index contributed by atoms with van der Waals surface area (Å²) in [6, 6.07) is 13.5. The van der Waals surface area contributed by atoms with Gasteiger partial charge in [-0.15, -0.1) is 0 Å². The van der Waals surface area contributed by atoms with E-state index in [9.17, 15) is 9.90 Å². The van der Waals surface area contributed by atoms with E-state index in [2.05, 4.69) is 24.4 Å². The second kappa shape index (κ2) is 7.98. The molecule has 0 aliphatic carbocycles. The number of phenolic OH excluding ortho intramolecular Hbond substituents is 1. The normalized spacial score (nSPS) is 10.9. The van der Waals surface area contributed by atoms with Crippen LogP contribution in [0.5, 0.6) is 11.5 Å². The molecule has 2 rings (SSSR count). The van der Waals surface area contributed by atoms with Crippen molar-refractivity contribution in [3.63, 3.8) is 0 Å². The number of hydrogen-bond acceptors (Lipinski definition) is 4. The van der Waals surface area contributed by atoms with Crippen LogP contribution in [0.1, 0.15) is 29.8 Å². The minimum absolute atomic E-state index is 0.114. The fraction of sp³-hybridized carbons (Fsp3) is 0.222. The molecule has 0 heterocycles. The molecule has 0 aliphatic rings. The SMILES string of the molecule is CC(C)COc1cccc(/C=N\NC(=O)c2ccc(O)cc2)c1. The lowest BCUT2D eigenvalue weighted by atomic mass is 10.2. The first-order valence-corrected chi connectivity index (χ1v) is 7.40. The fourth-order valence-corrected chi connectivity index (χ4v) is 1.79. The monoisotopic (exact) mass is 312 g/mol. The molecular formula is C18H20N2O3. The van der Waals surface area contributed by atoms with Gasteiger partial charge in [0.25, 0.3) is 5.91 Å². The predicted molar refractivity (Wildman–Crippen MR) is 89.9 cm³/mol. The summed E-state index contributed by atoms with van der Waals surface area (Å²) in [4.78, 5) is 11.9. The highest BCUT2D eigenvalue weighted by atomic mass is 16.5. The van der Waals surface area contributed by atoms with E-state index in [0.717, 1.165) is 11.3 Å². The number of hydrogen-bond donors (Lipinski definition) is 2. The molecule has 0 unspecified atom stereocenters. The Morgan fingerprint density at radius 2 is 2.00 bits per heavy atom. The van der Waals surface area contributed by atoms with Gasteiger partial charge in [0.15, 0.2) is 0 Å². The van der Waals surface area contributed by atoms with Gasteiger partial charge in [0.2, 0.25) is 0 Å². The van der Waals surface area contributed by atoms with Crippen LogP contribution in [0.15, 0.2) is 53.6 Å². The number of phenols is 1. The zero-order chi connectivity index (χ0) is 16.7. The van der Waals surface area contributed by atoms with Gasteiger partial charge in [0.05, 0.1) is 12.8 Å². The van der Waals surface area contributed by atoms with Crippen molar-refractivity contribution >= 4 is 12.1 Å². The molecule has 5 nitrogen and oxygen atoms in total. The van der Waals surface area contributed by atoms with Gasteiger partial charge in [0, 0.05) is 5.56 Å². The first-order valence-electron chi connectivity index (χ1n) is 7.40. The molecule has 0 saturated carbocycles. The third-order valence-electron chi connectivity index (χ3n) is 2.95. The number of nitrogens with one attached hydrogen (secondary N) is 1. The first kappa shape index (κ1) is 16.5. The summed E-state index contributed by atoms with van der Waals surface area (Å²) in [7, 11) is 0. The van der Waals surface area contributed by atoms with Gasteiger partial charge in [-0.3, -0.25) is 4.79 Å². The zero-order valence-corrected chi connectivity index (χ0v) is 13.2. The van der Waals surface area contributed by atoms with Crippen LogP contribution in [-0.2, 0) is 0 Å². The third kappa shape index (κ3) is 5.47. The number of ether oxygens (including phenoxy) is 1. The molecule has 0 radical (unpaired) electrons. The van der Waals surface area contributed by atoms with Crippen molar-refractivity contribution in [2.24, 2.45) is 11.0 Å². The van der Waals surface area contributed by atoms with Crippen LogP contribution in [0, 0.1) is 5.92 Å². The molecule has 0 atom stereocenters. The van der Waals surface area contributed by atoms with Crippen LogP contribution < -0.4 is 10.2 Å². The van der Waals surface area contributed by atoms with Gasteiger partial charge in [-0.1, -0.05) is 26.0 Å². The Labute approximate surface area is 135 Å². The van der Waals surface area contributed by atoms with Gasteiger partial charge in [-0.2, -0.15) is 5.10 Å². The molecule has 0 saturated heterocycles. The second-order valence-electron chi connectivity index (χ2n) is 5.52. The lowest BCUT2D eigenvalue weighted by molar-refractivity contribution is 0.0955. The minimum atomic E-state index is -0.339. The lowest BCUT2D eigenvalue weighted by Gasteiger charge is -2.08. The van der Waals surface area contributed by atoms with E-state index >= 15 is 0 Å². The van der Waals surface area contributed by atoms with Crippen molar-refractivity contribution in [3.05, 3.63) is 59.7 Å². The van der Waals surface area contributed by atoms with Crippen molar-refractivity contribution < 1.29 is 14.6 Å². The van der Waals surface area contributed by atoms with Gasteiger partial charge in [0.1, 0.15) is 11.5 Å². The van der Waals surface area contributed by atoms with Gasteiger partial charge in [-0.05, 0) is 47.9 Å². The fourth-order valence-electron chi connectivity index (χ4n) is 1.79. The molecule has 1 amide bonds. The number of carbonyl (C=O) groups is 1. The van der Waals surface area contributed by atoms with Gasteiger partial charge < -0.3 is 9.84 Å². The maximum Gasteiger partial charge on any atom is 0.271 e. The Morgan fingerprint density at radius 1 is 1.26 bits per heavy atom. The van der Waals surface area contributed by atoms with Crippen molar-refractivity contribution in [3.8, 4) is 11.5 Å². The number of nitrogens with zero attached hydrogens (tertiary/aromatic N) is 1. The molecule has 0 bridgehead atoms. The Kier molecular flexibility index (Phi) is 5.74. The predicted octanol–water partition coefficient (Wildman–Crippen LogP) is 3.19. The van der Waals surface area contributed by atoms with E-state index in [1.807, 2.05) is 24.3 Å². The van der Waals surface area contributed by atoms with Crippen LogP contribution in [0.3, 0.4) is 0 Å². The number of rotatable bonds is 6. The highest BCUT2D eigenvalue weighted by Crippen LogP contribution is 2.13. The number of hydrazone groups is 1. The van der Waals surface area contributed by atoms with E-state index in [4.69, 9.17) is 4.74 Å². The summed E-state index contributed by atoms with van der Waals surface area (Å²) in [6.45, 7) is 4.83. The summed E-state index contributed by atoms with van der Waals surface area (Å²) in [5, 5.41) is 13.1. The summed E-state index contributed by atoms with van der Waals surface area (Å²) in [5.41, 5.74) is 3.70. The zero-order valence-electron chi connectivity index (χ0n) is 13.2. The van der Waals surface area contributed by atoms with Crippen LogP contribution in [0.25, 0.3) is 0 Å². The molecule has 120 valence electrons. The molecule has 2 N–H and O–H groups in total. The largest absolute Gasteiger partial charge is 0.508 e. The Balaban J connectivity index is 1.93. The average molecular weight is 312 g/mol. The van der Waals surface area contributed by atoms with Crippen molar-refractivity contribution in [1.29, 1.82) is 0 Å². The average Bonchev–Trinajstić information content (AvgIpc) is 2.54. The number of aromatic hydroxyl groups is 1. The lowest BCUT2D eigenvalue weighted by Crippen LogP contribution is -2.17. The molecule has 2 aromatic carbocycles. The van der Waals surface area contributed by atoms with E-state index in [0.29, 0.717) is 18.1 Å². The van der Waals surface area contributed by atoms with Gasteiger partial charge in [-0.25, -0.2) is 5.43 Å². The maximum atomic E-state index is 11.9.